The van der Waals surface area contributed by atoms with E-state index in [0.717, 1.165) is 17.8 Å². The molecule has 2 aromatic heterocycles. The number of alkyl halides is 3. The first kappa shape index (κ1) is 19.3. The van der Waals surface area contributed by atoms with Gasteiger partial charge in [0.2, 0.25) is 0 Å². The van der Waals surface area contributed by atoms with Crippen LogP contribution < -0.4 is 5.49 Å². The molecule has 1 aromatic carbocycles. The summed E-state index contributed by atoms with van der Waals surface area (Å²) >= 11 is 6.66. The summed E-state index contributed by atoms with van der Waals surface area (Å²) in [6, 6.07) is 3.37. The van der Waals surface area contributed by atoms with E-state index in [4.69, 9.17) is 23.4 Å². The fourth-order valence-electron chi connectivity index (χ4n) is 2.44. The normalized spacial score (nSPS) is 11.7. The second kappa shape index (κ2) is 7.66. The molecule has 0 aliphatic carbocycles. The molecular formula is C17H13ClF3N5S. The number of benzene rings is 1. The number of fused-ring (bicyclic) bond motifs is 1. The summed E-state index contributed by atoms with van der Waals surface area (Å²) in [5.41, 5.74) is -0.0652. The lowest BCUT2D eigenvalue weighted by Gasteiger charge is -2.11. The molecule has 0 amide bonds. The number of aromatic nitrogens is 4. The van der Waals surface area contributed by atoms with Gasteiger partial charge in [-0.05, 0) is 24.6 Å². The highest BCUT2D eigenvalue weighted by molar-refractivity contribution is 7.99. The summed E-state index contributed by atoms with van der Waals surface area (Å²) in [6.07, 6.45) is 3.46. The Morgan fingerprint density at radius 1 is 1.37 bits per heavy atom. The predicted octanol–water partition coefficient (Wildman–Crippen LogP) is 4.48. The Hall–Kier alpha value is -2.44. The van der Waals surface area contributed by atoms with Gasteiger partial charge in [0.25, 0.3) is 0 Å². The molecule has 0 aliphatic heterocycles. The molecule has 3 aromatic rings. The summed E-state index contributed by atoms with van der Waals surface area (Å²) in [5, 5.41) is 8.31. The smallest absolute Gasteiger partial charge is 0.328 e. The van der Waals surface area contributed by atoms with Gasteiger partial charge >= 0.3 is 6.18 Å². The summed E-state index contributed by atoms with van der Waals surface area (Å²) in [6.45, 7) is 0.536. The largest absolute Gasteiger partial charge is 0.417 e. The lowest BCUT2D eigenvalue weighted by Crippen LogP contribution is -2.12. The average Bonchev–Trinajstić information content (AvgIpc) is 3.01. The van der Waals surface area contributed by atoms with Crippen molar-refractivity contribution in [3.05, 3.63) is 40.6 Å². The third-order valence-electron chi connectivity index (χ3n) is 3.67. The van der Waals surface area contributed by atoms with Gasteiger partial charge in [-0.15, -0.1) is 12.3 Å². The van der Waals surface area contributed by atoms with Crippen LogP contribution in [0, 0.1) is 17.8 Å². The molecule has 10 heteroatoms. The molecule has 0 saturated carbocycles. The van der Waals surface area contributed by atoms with Crippen molar-refractivity contribution in [1.29, 1.82) is 5.41 Å². The summed E-state index contributed by atoms with van der Waals surface area (Å²) in [4.78, 5) is 11.1. The fraction of sp³-hybridized carbons (Fsp3) is 0.235. The maximum absolute atomic E-state index is 13.2. The maximum Gasteiger partial charge on any atom is 0.417 e. The number of halogens is 4. The van der Waals surface area contributed by atoms with E-state index in [9.17, 15) is 13.2 Å². The van der Waals surface area contributed by atoms with E-state index in [-0.39, 0.29) is 20.6 Å². The number of aryl methyl sites for hydroxylation is 1. The van der Waals surface area contributed by atoms with Crippen LogP contribution in [-0.4, -0.2) is 19.5 Å². The van der Waals surface area contributed by atoms with Crippen LogP contribution in [0.15, 0.2) is 34.6 Å². The first-order valence-corrected chi connectivity index (χ1v) is 8.97. The van der Waals surface area contributed by atoms with Crippen LogP contribution in [0.3, 0.4) is 0 Å². The Morgan fingerprint density at radius 2 is 2.15 bits per heavy atom. The minimum absolute atomic E-state index is 0.0420. The van der Waals surface area contributed by atoms with Crippen LogP contribution in [0.4, 0.5) is 13.2 Å². The number of aromatic amines is 1. The van der Waals surface area contributed by atoms with Crippen molar-refractivity contribution in [2.75, 3.05) is 0 Å². The van der Waals surface area contributed by atoms with Gasteiger partial charge in [-0.1, -0.05) is 23.4 Å². The molecule has 0 fully saturated rings. The Morgan fingerprint density at radius 3 is 2.85 bits per heavy atom. The highest BCUT2D eigenvalue weighted by Crippen LogP contribution is 2.40. The number of rotatable bonds is 5. The maximum atomic E-state index is 13.2. The molecular weight excluding hydrogens is 399 g/mol. The molecule has 27 heavy (non-hydrogen) atoms. The highest BCUT2D eigenvalue weighted by Gasteiger charge is 2.34. The van der Waals surface area contributed by atoms with Gasteiger partial charge in [-0.25, -0.2) is 9.97 Å². The quantitative estimate of drug-likeness (QED) is 0.480. The van der Waals surface area contributed by atoms with Gasteiger partial charge in [0.1, 0.15) is 5.52 Å². The van der Waals surface area contributed by atoms with Gasteiger partial charge in [-0.2, -0.15) is 13.2 Å². The predicted molar refractivity (Wildman–Crippen MR) is 96.4 cm³/mol. The second-order valence-electron chi connectivity index (χ2n) is 5.58. The third kappa shape index (κ3) is 4.28. The van der Waals surface area contributed by atoms with Crippen LogP contribution >= 0.6 is 23.4 Å². The zero-order chi connectivity index (χ0) is 19.6. The van der Waals surface area contributed by atoms with E-state index >= 15 is 0 Å². The topological polar surface area (TPSA) is 70.3 Å². The van der Waals surface area contributed by atoms with E-state index in [0.29, 0.717) is 30.6 Å². The van der Waals surface area contributed by atoms with Gasteiger partial charge in [-0.3, -0.25) is 5.41 Å². The number of imidazole rings is 1. The Kier molecular flexibility index (Phi) is 5.48. The summed E-state index contributed by atoms with van der Waals surface area (Å²) in [7, 11) is 0. The van der Waals surface area contributed by atoms with Gasteiger partial charge in [0.15, 0.2) is 16.3 Å². The number of unbranched alkanes of at least 4 members (excludes halogenated alkanes) is 1. The number of terminal acetylenes is 1. The first-order valence-electron chi connectivity index (χ1n) is 7.77. The molecule has 5 nitrogen and oxygen atoms in total. The van der Waals surface area contributed by atoms with Crippen molar-refractivity contribution in [2.24, 2.45) is 0 Å². The number of nitrogens with one attached hydrogen (secondary N) is 2. The minimum atomic E-state index is -4.52. The first-order chi connectivity index (χ1) is 12.8. The van der Waals surface area contributed by atoms with Gasteiger partial charge in [0.05, 0.1) is 11.9 Å². The number of hydrogen-bond donors (Lipinski definition) is 2. The zero-order valence-electron chi connectivity index (χ0n) is 13.8. The fourth-order valence-corrected chi connectivity index (χ4v) is 3.65. The SMILES string of the molecule is C#CCCCn1cnc(=N)c2[nH]c(Sc3cc(Cl)ccc3C(F)(F)F)nc21. The molecule has 0 atom stereocenters. The average molecular weight is 412 g/mol. The molecule has 2 N–H and O–H groups in total. The lowest BCUT2D eigenvalue weighted by molar-refractivity contribution is -0.139. The van der Waals surface area contributed by atoms with E-state index < -0.39 is 11.7 Å². The zero-order valence-corrected chi connectivity index (χ0v) is 15.3. The number of H-pyrrole nitrogens is 1. The van der Waals surface area contributed by atoms with Crippen molar-refractivity contribution in [3.8, 4) is 12.3 Å². The Labute approximate surface area is 161 Å². The Balaban J connectivity index is 2.01. The van der Waals surface area contributed by atoms with E-state index in [2.05, 4.69) is 20.9 Å². The number of hydrogen-bond acceptors (Lipinski definition) is 4. The van der Waals surface area contributed by atoms with Crippen molar-refractivity contribution in [2.45, 2.75) is 35.6 Å². The van der Waals surface area contributed by atoms with E-state index in [1.54, 1.807) is 4.57 Å². The molecule has 0 radical (unpaired) electrons. The second-order valence-corrected chi connectivity index (χ2v) is 7.04. The molecule has 3 rings (SSSR count). The minimum Gasteiger partial charge on any atom is -0.328 e. The molecule has 0 spiro atoms. The molecule has 0 bridgehead atoms. The van der Waals surface area contributed by atoms with Gasteiger partial charge < -0.3 is 9.55 Å². The highest BCUT2D eigenvalue weighted by atomic mass is 35.5. The molecule has 0 unspecified atom stereocenters. The molecule has 140 valence electrons. The molecule has 2 heterocycles. The van der Waals surface area contributed by atoms with Crippen molar-refractivity contribution in [3.63, 3.8) is 0 Å². The van der Waals surface area contributed by atoms with Crippen LogP contribution in [0.1, 0.15) is 18.4 Å². The lowest BCUT2D eigenvalue weighted by atomic mass is 10.2. The van der Waals surface area contributed by atoms with E-state index in [1.165, 1.54) is 18.5 Å². The van der Waals surface area contributed by atoms with Crippen LogP contribution in [0.25, 0.3) is 11.2 Å². The standard InChI is InChI=1S/C17H13ClF3N5S/c1-2-3-4-7-26-9-23-14(22)13-15(26)25-16(24-13)27-12-8-10(18)5-6-11(12)17(19,20)21/h1,5-6,8-9,22H,3-4,7H2,(H,24,25). The van der Waals surface area contributed by atoms with Crippen LogP contribution in [-0.2, 0) is 12.7 Å². The molecule has 0 aliphatic rings. The van der Waals surface area contributed by atoms with Crippen molar-refractivity contribution >= 4 is 34.5 Å². The number of nitrogens with zero attached hydrogens (tertiary/aromatic N) is 3. The van der Waals surface area contributed by atoms with Gasteiger partial charge in [0, 0.05) is 22.9 Å². The van der Waals surface area contributed by atoms with Crippen LogP contribution in [0.5, 0.6) is 0 Å². The van der Waals surface area contributed by atoms with E-state index in [1.807, 2.05) is 0 Å². The van der Waals surface area contributed by atoms with Crippen LogP contribution in [0.2, 0.25) is 5.02 Å². The summed E-state index contributed by atoms with van der Waals surface area (Å²) < 4.78 is 41.4. The molecule has 0 saturated heterocycles. The van der Waals surface area contributed by atoms with Crippen molar-refractivity contribution < 1.29 is 13.2 Å². The summed E-state index contributed by atoms with van der Waals surface area (Å²) in [5.74, 6) is 2.54. The monoisotopic (exact) mass is 411 g/mol. The third-order valence-corrected chi connectivity index (χ3v) is 4.85. The van der Waals surface area contributed by atoms with Crippen molar-refractivity contribution in [1.82, 2.24) is 19.5 Å². The Bertz CT molecular complexity index is 1080.